The average Bonchev–Trinajstić information content (AvgIpc) is 4.03. The number of H-pyrrole nitrogens is 3. The van der Waals surface area contributed by atoms with Crippen LogP contribution in [0, 0.1) is 17.5 Å². The van der Waals surface area contributed by atoms with E-state index < -0.39 is 40.0 Å². The van der Waals surface area contributed by atoms with Gasteiger partial charge in [-0.2, -0.15) is 0 Å². The fourth-order valence-corrected chi connectivity index (χ4v) is 7.05. The Morgan fingerprint density at radius 1 is 0.585 bits per heavy atom. The van der Waals surface area contributed by atoms with Crippen LogP contribution in [0.15, 0.2) is 129 Å². The first-order valence-electron chi connectivity index (χ1n) is 18.0. The number of hydrogen-bond acceptors (Lipinski definition) is 9. The van der Waals surface area contributed by atoms with Crippen molar-refractivity contribution in [3.05, 3.63) is 175 Å². The second kappa shape index (κ2) is 23.0. The molecule has 6 heterocycles. The van der Waals surface area contributed by atoms with Crippen LogP contribution in [-0.4, -0.2) is 66.0 Å². The van der Waals surface area contributed by atoms with E-state index in [0.717, 1.165) is 24.5 Å². The van der Waals surface area contributed by atoms with E-state index in [2.05, 4.69) is 82.4 Å². The third-order valence-electron chi connectivity index (χ3n) is 8.90. The van der Waals surface area contributed by atoms with E-state index >= 15 is 0 Å². The summed E-state index contributed by atoms with van der Waals surface area (Å²) < 4.78 is 53.2. The number of rotatable bonds is 7. The Kier molecular flexibility index (Phi) is 18.2. The zero-order valence-electron chi connectivity index (χ0n) is 32.4. The van der Waals surface area contributed by atoms with Crippen molar-refractivity contribution in [2.24, 2.45) is 0 Å². The molecule has 0 bridgehead atoms. The number of phenolic OH excluding ortho intramolecular Hbond substituents is 1. The molecule has 336 valence electrons. The van der Waals surface area contributed by atoms with Gasteiger partial charge >= 0.3 is 0 Å². The first-order chi connectivity index (χ1) is 30.2. The van der Waals surface area contributed by atoms with E-state index in [-0.39, 0.29) is 43.0 Å². The number of aromatic hydroxyl groups is 1. The fourth-order valence-electron chi connectivity index (χ4n) is 5.89. The standard InChI is InChI=1S/C15H10BrFN2O2.C14H8BrFN2O2.C8H6ClFO2.C7H5BrN2.2CH4/c1-21-12-4-2-3-9(13(12)17)14(20)11-7-19-15-10(11)5-8(16)6-18-15;15-7-4-9-10(6-18-14(9)17-5-7)13(20)8-2-1-3-11(19)12(8)16;1-12-6-4-2-3-5(7(6)10)8(9)11;8-6-3-5-1-2-9-7(5)10-4-6;;/h2-7H,1H3,(H,18,19);1-6,19H,(H,17,18);2-4H,1H3;1-4H,(H,9,10);2*1H4. The monoisotopic (exact) mass is 1100 g/mol. The molecule has 0 spiro atoms. The molecule has 0 radical (unpaired) electrons. The fraction of sp³-hybridized carbons (Fsp3) is 0.0870. The normalized spacial score (nSPS) is 10.2. The van der Waals surface area contributed by atoms with Crippen molar-refractivity contribution in [1.29, 1.82) is 0 Å². The van der Waals surface area contributed by atoms with Crippen LogP contribution in [0.1, 0.15) is 57.1 Å². The predicted octanol–water partition coefficient (Wildman–Crippen LogP) is 12.9. The van der Waals surface area contributed by atoms with Crippen LogP contribution in [0.25, 0.3) is 33.1 Å². The Bertz CT molecular complexity index is 3140. The second-order valence-electron chi connectivity index (χ2n) is 12.8. The number of ketones is 2. The van der Waals surface area contributed by atoms with E-state index in [1.807, 2.05) is 18.3 Å². The summed E-state index contributed by atoms with van der Waals surface area (Å²) in [5.41, 5.74) is 2.34. The number of carbonyl (C=O) groups excluding carboxylic acids is 3. The molecule has 19 heteroatoms. The van der Waals surface area contributed by atoms with Crippen molar-refractivity contribution in [3.8, 4) is 17.2 Å². The van der Waals surface area contributed by atoms with Crippen molar-refractivity contribution in [1.82, 2.24) is 29.9 Å². The van der Waals surface area contributed by atoms with Gasteiger partial charge in [0, 0.05) is 77.9 Å². The summed E-state index contributed by atoms with van der Waals surface area (Å²) in [5.74, 6) is -3.73. The molecule has 9 aromatic rings. The molecule has 6 aromatic heterocycles. The third kappa shape index (κ3) is 11.9. The molecular formula is C46H37Br3ClF3N6O6. The summed E-state index contributed by atoms with van der Waals surface area (Å²) >= 11 is 15.0. The van der Waals surface area contributed by atoms with Crippen LogP contribution < -0.4 is 9.47 Å². The Morgan fingerprint density at radius 2 is 1.02 bits per heavy atom. The van der Waals surface area contributed by atoms with Gasteiger partial charge in [-0.1, -0.05) is 33.1 Å². The van der Waals surface area contributed by atoms with Gasteiger partial charge in [-0.3, -0.25) is 14.4 Å². The van der Waals surface area contributed by atoms with Crippen molar-refractivity contribution in [2.75, 3.05) is 14.2 Å². The lowest BCUT2D eigenvalue weighted by molar-refractivity contribution is 0.102. The Hall–Kier alpha value is -6.34. The van der Waals surface area contributed by atoms with Crippen LogP contribution in [0.4, 0.5) is 13.2 Å². The first-order valence-corrected chi connectivity index (χ1v) is 20.7. The number of fused-ring (bicyclic) bond motifs is 3. The minimum absolute atomic E-state index is 0. The Balaban J connectivity index is 0.000000196. The molecule has 0 aliphatic carbocycles. The van der Waals surface area contributed by atoms with Crippen LogP contribution in [0.3, 0.4) is 0 Å². The Labute approximate surface area is 400 Å². The molecule has 4 N–H and O–H groups in total. The summed E-state index contributed by atoms with van der Waals surface area (Å²) in [6.07, 6.45) is 9.89. The number of aromatic amines is 3. The molecule has 0 atom stereocenters. The molecule has 0 unspecified atom stereocenters. The van der Waals surface area contributed by atoms with E-state index in [4.69, 9.17) is 16.3 Å². The lowest BCUT2D eigenvalue weighted by Gasteiger charge is -2.06. The topological polar surface area (TPSA) is 176 Å². The first kappa shape index (κ1) is 51.3. The maximum atomic E-state index is 14.2. The average molecular weight is 1100 g/mol. The molecule has 0 fully saturated rings. The zero-order valence-corrected chi connectivity index (χ0v) is 38.0. The highest BCUT2D eigenvalue weighted by atomic mass is 79.9. The predicted molar refractivity (Wildman–Crippen MR) is 256 cm³/mol. The van der Waals surface area contributed by atoms with E-state index in [1.54, 1.807) is 36.8 Å². The van der Waals surface area contributed by atoms with Gasteiger partial charge in [-0.05, 0) is 120 Å². The SMILES string of the molecule is Brc1cnc2[nH]ccc2c1.C.C.COc1cccc(C(=O)Cl)c1F.COc1cccc(C(=O)c2c[nH]c3ncc(Br)cc23)c1F.O=C(c1cccc(O)c1F)c1c[nH]c2ncc(Br)cc12. The van der Waals surface area contributed by atoms with Gasteiger partial charge in [-0.15, -0.1) is 0 Å². The lowest BCUT2D eigenvalue weighted by Crippen LogP contribution is -2.05. The van der Waals surface area contributed by atoms with Crippen LogP contribution in [0.2, 0.25) is 0 Å². The molecule has 12 nitrogen and oxygen atoms in total. The van der Waals surface area contributed by atoms with Crippen molar-refractivity contribution < 1.29 is 42.1 Å². The van der Waals surface area contributed by atoms with Gasteiger partial charge in [0.2, 0.25) is 0 Å². The largest absolute Gasteiger partial charge is 0.505 e. The minimum atomic E-state index is -0.921. The summed E-state index contributed by atoms with van der Waals surface area (Å²) in [6.45, 7) is 0. The van der Waals surface area contributed by atoms with Gasteiger partial charge < -0.3 is 29.5 Å². The number of nitrogens with one attached hydrogen (secondary N) is 3. The third-order valence-corrected chi connectivity index (χ3v) is 10.4. The molecule has 0 saturated heterocycles. The van der Waals surface area contributed by atoms with Gasteiger partial charge in [0.05, 0.1) is 30.9 Å². The number of methoxy groups -OCH3 is 2. The van der Waals surface area contributed by atoms with Gasteiger partial charge in [0.1, 0.15) is 16.9 Å². The number of halogens is 7. The van der Waals surface area contributed by atoms with Crippen LogP contribution in [0.5, 0.6) is 17.2 Å². The highest BCUT2D eigenvalue weighted by molar-refractivity contribution is 9.11. The summed E-state index contributed by atoms with van der Waals surface area (Å²) in [6, 6.07) is 20.2. The molecule has 0 saturated carbocycles. The van der Waals surface area contributed by atoms with E-state index in [1.165, 1.54) is 75.1 Å². The summed E-state index contributed by atoms with van der Waals surface area (Å²) in [5, 5.41) is 10.9. The molecular weight excluding hydrogens is 1060 g/mol. The molecule has 0 aliphatic rings. The highest BCUT2D eigenvalue weighted by Gasteiger charge is 2.22. The number of aromatic nitrogens is 6. The molecule has 3 aromatic carbocycles. The van der Waals surface area contributed by atoms with Crippen LogP contribution >= 0.6 is 59.4 Å². The second-order valence-corrected chi connectivity index (χ2v) is 15.9. The van der Waals surface area contributed by atoms with Crippen molar-refractivity contribution in [2.45, 2.75) is 14.9 Å². The number of nitrogens with zero attached hydrogens (tertiary/aromatic N) is 3. The number of phenols is 1. The smallest absolute Gasteiger partial charge is 0.255 e. The summed E-state index contributed by atoms with van der Waals surface area (Å²) in [7, 11) is 2.68. The quantitative estimate of drug-likeness (QED) is 0.0894. The maximum Gasteiger partial charge on any atom is 0.255 e. The zero-order chi connectivity index (χ0) is 45.4. The highest BCUT2D eigenvalue weighted by Crippen LogP contribution is 2.28. The van der Waals surface area contributed by atoms with Gasteiger partial charge in [0.25, 0.3) is 5.24 Å². The number of benzene rings is 3. The summed E-state index contributed by atoms with van der Waals surface area (Å²) in [4.78, 5) is 56.8. The lowest BCUT2D eigenvalue weighted by atomic mass is 10.0. The number of pyridine rings is 3. The molecule has 0 aliphatic heterocycles. The Morgan fingerprint density at radius 3 is 1.51 bits per heavy atom. The number of carbonyl (C=O) groups is 3. The van der Waals surface area contributed by atoms with E-state index in [0.29, 0.717) is 33.2 Å². The van der Waals surface area contributed by atoms with E-state index in [9.17, 15) is 32.7 Å². The molecule has 0 amide bonds. The maximum absolute atomic E-state index is 14.2. The van der Waals surface area contributed by atoms with Crippen molar-refractivity contribution in [3.63, 3.8) is 0 Å². The van der Waals surface area contributed by atoms with Crippen molar-refractivity contribution >= 4 is 109 Å². The minimum Gasteiger partial charge on any atom is -0.505 e. The van der Waals surface area contributed by atoms with Gasteiger partial charge in [-0.25, -0.2) is 28.1 Å². The number of hydrogen-bond donors (Lipinski definition) is 4. The molecule has 65 heavy (non-hydrogen) atoms. The van der Waals surface area contributed by atoms with Gasteiger partial charge in [0.15, 0.2) is 46.3 Å². The van der Waals surface area contributed by atoms with Crippen LogP contribution in [-0.2, 0) is 0 Å². The molecule has 9 rings (SSSR count). The number of ether oxygens (including phenoxy) is 2.